The number of pyridine rings is 1. The highest BCUT2D eigenvalue weighted by atomic mass is 16.2. The van der Waals surface area contributed by atoms with E-state index < -0.39 is 0 Å². The molecular weight excluding hydrogens is 360 g/mol. The molecule has 0 bridgehead atoms. The minimum atomic E-state index is 0.0166. The van der Waals surface area contributed by atoms with Crippen molar-refractivity contribution in [1.29, 1.82) is 0 Å². The van der Waals surface area contributed by atoms with Gasteiger partial charge in [-0.2, -0.15) is 0 Å². The van der Waals surface area contributed by atoms with Gasteiger partial charge >= 0.3 is 0 Å². The zero-order valence-corrected chi connectivity index (χ0v) is 17.2. The summed E-state index contributed by atoms with van der Waals surface area (Å²) in [6.07, 6.45) is 4.93. The number of aryl methyl sites for hydroxylation is 2. The summed E-state index contributed by atoms with van der Waals surface area (Å²) in [6.45, 7) is 5.88. The van der Waals surface area contributed by atoms with Gasteiger partial charge in [-0.25, -0.2) is 0 Å². The van der Waals surface area contributed by atoms with Crippen molar-refractivity contribution >= 4 is 16.8 Å². The summed E-state index contributed by atoms with van der Waals surface area (Å²) in [5.74, 6) is 0.771. The summed E-state index contributed by atoms with van der Waals surface area (Å²) in [4.78, 5) is 27.3. The second-order valence-electron chi connectivity index (χ2n) is 8.30. The normalized spacial score (nSPS) is 15.0. The Morgan fingerprint density at radius 3 is 2.48 bits per heavy atom. The Labute approximate surface area is 171 Å². The number of amides is 1. The fourth-order valence-corrected chi connectivity index (χ4v) is 4.53. The van der Waals surface area contributed by atoms with Crippen LogP contribution in [0.15, 0.2) is 59.5 Å². The van der Waals surface area contributed by atoms with E-state index in [0.29, 0.717) is 11.3 Å². The first kappa shape index (κ1) is 19.4. The molecule has 1 amide bonds. The SMILES string of the molecule is Cc1cc(C)c2c(=O)ccn(CC(=O)N3CCC(Cc4ccccc4)CC3)c2c1. The number of rotatable bonds is 4. The molecule has 1 aliphatic heterocycles. The Balaban J connectivity index is 1.44. The van der Waals surface area contributed by atoms with E-state index in [0.717, 1.165) is 49.0 Å². The van der Waals surface area contributed by atoms with E-state index >= 15 is 0 Å². The van der Waals surface area contributed by atoms with Gasteiger partial charge in [-0.1, -0.05) is 36.4 Å². The van der Waals surface area contributed by atoms with Crippen LogP contribution >= 0.6 is 0 Å². The van der Waals surface area contributed by atoms with Gasteiger partial charge in [-0.3, -0.25) is 9.59 Å². The lowest BCUT2D eigenvalue weighted by Crippen LogP contribution is -2.40. The number of fused-ring (bicyclic) bond motifs is 1. The number of hydrogen-bond donors (Lipinski definition) is 0. The number of nitrogens with zero attached hydrogens (tertiary/aromatic N) is 2. The molecule has 0 atom stereocenters. The first-order valence-electron chi connectivity index (χ1n) is 10.4. The zero-order chi connectivity index (χ0) is 20.4. The average molecular weight is 389 g/mol. The van der Waals surface area contributed by atoms with Crippen LogP contribution < -0.4 is 5.43 Å². The molecule has 0 saturated carbocycles. The van der Waals surface area contributed by atoms with Gasteiger partial charge in [0, 0.05) is 30.7 Å². The van der Waals surface area contributed by atoms with E-state index in [9.17, 15) is 9.59 Å². The second-order valence-corrected chi connectivity index (χ2v) is 8.30. The molecule has 0 N–H and O–H groups in total. The highest BCUT2D eigenvalue weighted by Gasteiger charge is 2.23. The van der Waals surface area contributed by atoms with Crippen molar-refractivity contribution in [2.45, 2.75) is 39.7 Å². The van der Waals surface area contributed by atoms with Crippen molar-refractivity contribution in [3.63, 3.8) is 0 Å². The van der Waals surface area contributed by atoms with Gasteiger partial charge in [-0.05, 0) is 61.8 Å². The zero-order valence-electron chi connectivity index (χ0n) is 17.2. The molecule has 1 saturated heterocycles. The highest BCUT2D eigenvalue weighted by Crippen LogP contribution is 2.22. The number of benzene rings is 2. The Kier molecular flexibility index (Phi) is 5.52. The molecule has 29 heavy (non-hydrogen) atoms. The molecule has 150 valence electrons. The lowest BCUT2D eigenvalue weighted by atomic mass is 9.90. The van der Waals surface area contributed by atoms with Crippen molar-refractivity contribution in [3.05, 3.63) is 81.6 Å². The van der Waals surface area contributed by atoms with Gasteiger partial charge in [0.1, 0.15) is 6.54 Å². The average Bonchev–Trinajstić information content (AvgIpc) is 2.71. The third kappa shape index (κ3) is 4.26. The molecule has 0 spiro atoms. The van der Waals surface area contributed by atoms with E-state index in [2.05, 4.69) is 30.3 Å². The highest BCUT2D eigenvalue weighted by molar-refractivity contribution is 5.85. The molecule has 1 fully saturated rings. The van der Waals surface area contributed by atoms with Crippen LogP contribution in [0.5, 0.6) is 0 Å². The number of hydrogen-bond acceptors (Lipinski definition) is 2. The molecule has 0 radical (unpaired) electrons. The van der Waals surface area contributed by atoms with E-state index in [-0.39, 0.29) is 17.9 Å². The van der Waals surface area contributed by atoms with Gasteiger partial charge in [-0.15, -0.1) is 0 Å². The van der Waals surface area contributed by atoms with E-state index in [1.807, 2.05) is 35.4 Å². The van der Waals surface area contributed by atoms with Gasteiger partial charge < -0.3 is 9.47 Å². The molecule has 2 heterocycles. The van der Waals surface area contributed by atoms with Crippen molar-refractivity contribution < 1.29 is 4.79 Å². The molecular formula is C25H28N2O2. The first-order valence-corrected chi connectivity index (χ1v) is 10.4. The van der Waals surface area contributed by atoms with Gasteiger partial charge in [0.25, 0.3) is 0 Å². The van der Waals surface area contributed by atoms with Gasteiger partial charge in [0.05, 0.1) is 5.52 Å². The first-order chi connectivity index (χ1) is 14.0. The molecule has 3 aromatic rings. The minimum absolute atomic E-state index is 0.0166. The summed E-state index contributed by atoms with van der Waals surface area (Å²) in [7, 11) is 0. The fraction of sp³-hybridized carbons (Fsp3) is 0.360. The summed E-state index contributed by atoms with van der Waals surface area (Å²) < 4.78 is 1.93. The van der Waals surface area contributed by atoms with Crippen LogP contribution in [0.1, 0.15) is 29.5 Å². The quantitative estimate of drug-likeness (QED) is 0.675. The number of carbonyl (C=O) groups is 1. The topological polar surface area (TPSA) is 42.3 Å². The third-order valence-corrected chi connectivity index (χ3v) is 6.06. The monoisotopic (exact) mass is 388 g/mol. The third-order valence-electron chi connectivity index (χ3n) is 6.06. The second kappa shape index (κ2) is 8.24. The number of carbonyl (C=O) groups excluding carboxylic acids is 1. The van der Waals surface area contributed by atoms with Crippen LogP contribution in [0, 0.1) is 19.8 Å². The van der Waals surface area contributed by atoms with Crippen LogP contribution in [0.25, 0.3) is 10.9 Å². The molecule has 4 heteroatoms. The Bertz CT molecular complexity index is 1080. The molecule has 4 rings (SSSR count). The number of aromatic nitrogens is 1. The molecule has 4 nitrogen and oxygen atoms in total. The van der Waals surface area contributed by atoms with Crippen LogP contribution in [-0.4, -0.2) is 28.5 Å². The summed E-state index contributed by atoms with van der Waals surface area (Å²) >= 11 is 0. The van der Waals surface area contributed by atoms with E-state index in [1.54, 1.807) is 12.3 Å². The molecule has 0 aliphatic carbocycles. The molecule has 1 aliphatic rings. The smallest absolute Gasteiger partial charge is 0.242 e. The maximum atomic E-state index is 13.0. The van der Waals surface area contributed by atoms with Crippen molar-refractivity contribution in [1.82, 2.24) is 9.47 Å². The lowest BCUT2D eigenvalue weighted by molar-refractivity contribution is -0.133. The fourth-order valence-electron chi connectivity index (χ4n) is 4.53. The standard InChI is InChI=1S/C25H28N2O2/c1-18-14-19(2)25-22(15-18)27(13-10-23(25)28)17-24(29)26-11-8-21(9-12-26)16-20-6-4-3-5-7-20/h3-7,10,13-15,21H,8-9,11-12,16-17H2,1-2H3. The lowest BCUT2D eigenvalue weighted by Gasteiger charge is -2.32. The molecule has 1 aromatic heterocycles. The largest absolute Gasteiger partial charge is 0.341 e. The molecule has 0 unspecified atom stereocenters. The van der Waals surface area contributed by atoms with Crippen molar-refractivity contribution in [2.75, 3.05) is 13.1 Å². The number of likely N-dealkylation sites (tertiary alicyclic amines) is 1. The maximum Gasteiger partial charge on any atom is 0.242 e. The number of piperidine rings is 1. The van der Waals surface area contributed by atoms with Crippen LogP contribution in [0.4, 0.5) is 0 Å². The van der Waals surface area contributed by atoms with Crippen LogP contribution in [0.2, 0.25) is 0 Å². The predicted molar refractivity (Wildman–Crippen MR) is 117 cm³/mol. The minimum Gasteiger partial charge on any atom is -0.341 e. The van der Waals surface area contributed by atoms with Crippen LogP contribution in [-0.2, 0) is 17.8 Å². The summed E-state index contributed by atoms with van der Waals surface area (Å²) in [5, 5.41) is 0.715. The Morgan fingerprint density at radius 2 is 1.76 bits per heavy atom. The summed E-state index contributed by atoms with van der Waals surface area (Å²) in [6, 6.07) is 16.2. The predicted octanol–water partition coefficient (Wildman–Crippen LogP) is 4.10. The maximum absolute atomic E-state index is 13.0. The van der Waals surface area contributed by atoms with Crippen molar-refractivity contribution in [2.24, 2.45) is 5.92 Å². The van der Waals surface area contributed by atoms with Crippen LogP contribution in [0.3, 0.4) is 0 Å². The van der Waals surface area contributed by atoms with Crippen molar-refractivity contribution in [3.8, 4) is 0 Å². The molecule has 2 aromatic carbocycles. The van der Waals surface area contributed by atoms with E-state index in [4.69, 9.17) is 0 Å². The van der Waals surface area contributed by atoms with Gasteiger partial charge in [0.2, 0.25) is 5.91 Å². The summed E-state index contributed by atoms with van der Waals surface area (Å²) in [5.41, 5.74) is 4.31. The van der Waals surface area contributed by atoms with E-state index in [1.165, 1.54) is 5.56 Å². The van der Waals surface area contributed by atoms with Gasteiger partial charge in [0.15, 0.2) is 5.43 Å². The Hall–Kier alpha value is -2.88. The Morgan fingerprint density at radius 1 is 1.03 bits per heavy atom.